The summed E-state index contributed by atoms with van der Waals surface area (Å²) in [7, 11) is 0. The number of hydrogen-bond donors (Lipinski definition) is 1. The number of aliphatic hydroxyl groups excluding tert-OH is 1. The van der Waals surface area contributed by atoms with Crippen LogP contribution >= 0.6 is 0 Å². The summed E-state index contributed by atoms with van der Waals surface area (Å²) in [5.74, 6) is 0. The molecule has 72 valence electrons. The number of likely N-dealkylation sites (tertiary alicyclic amines) is 1. The topological polar surface area (TPSA) is 32.7 Å². The minimum Gasteiger partial charge on any atom is -0.394 e. The van der Waals surface area contributed by atoms with Crippen LogP contribution in [0.3, 0.4) is 0 Å². The van der Waals surface area contributed by atoms with Crippen molar-refractivity contribution in [3.63, 3.8) is 0 Å². The Labute approximate surface area is 74.3 Å². The van der Waals surface area contributed by atoms with E-state index in [4.69, 9.17) is 9.84 Å². The van der Waals surface area contributed by atoms with Crippen molar-refractivity contribution >= 4 is 0 Å². The van der Waals surface area contributed by atoms with Crippen LogP contribution in [0.2, 0.25) is 0 Å². The van der Waals surface area contributed by atoms with Gasteiger partial charge in [0.05, 0.1) is 19.8 Å². The van der Waals surface area contributed by atoms with Gasteiger partial charge in [-0.25, -0.2) is 0 Å². The first-order chi connectivity index (χ1) is 5.84. The van der Waals surface area contributed by atoms with Gasteiger partial charge < -0.3 is 9.84 Å². The summed E-state index contributed by atoms with van der Waals surface area (Å²) >= 11 is 0. The summed E-state index contributed by atoms with van der Waals surface area (Å²) in [6.45, 7) is 5.85. The lowest BCUT2D eigenvalue weighted by molar-refractivity contribution is 0.0724. The lowest BCUT2D eigenvalue weighted by atomic mass is 10.2. The Morgan fingerprint density at radius 2 is 2.33 bits per heavy atom. The molecule has 1 fully saturated rings. The van der Waals surface area contributed by atoms with Crippen LogP contribution in [0.1, 0.15) is 19.8 Å². The highest BCUT2D eigenvalue weighted by atomic mass is 16.5. The van der Waals surface area contributed by atoms with Crippen LogP contribution < -0.4 is 0 Å². The Morgan fingerprint density at radius 3 is 2.92 bits per heavy atom. The van der Waals surface area contributed by atoms with Crippen LogP contribution in [0.5, 0.6) is 0 Å². The van der Waals surface area contributed by atoms with Crippen LogP contribution in [0.15, 0.2) is 0 Å². The largest absolute Gasteiger partial charge is 0.394 e. The molecule has 1 heterocycles. The molecule has 0 saturated carbocycles. The van der Waals surface area contributed by atoms with Crippen molar-refractivity contribution in [2.45, 2.75) is 25.8 Å². The molecule has 0 bridgehead atoms. The minimum atomic E-state index is 0.134. The van der Waals surface area contributed by atoms with Gasteiger partial charge in [-0.2, -0.15) is 0 Å². The second-order valence-electron chi connectivity index (χ2n) is 3.36. The average molecular weight is 173 g/mol. The fraction of sp³-hybridized carbons (Fsp3) is 1.00. The molecule has 0 aromatic heterocycles. The highest BCUT2D eigenvalue weighted by Gasteiger charge is 2.18. The van der Waals surface area contributed by atoms with Crippen LogP contribution in [0.4, 0.5) is 0 Å². The zero-order chi connectivity index (χ0) is 8.81. The van der Waals surface area contributed by atoms with Gasteiger partial charge in [0.25, 0.3) is 0 Å². The average Bonchev–Trinajstić information content (AvgIpc) is 2.46. The standard InChI is InChI=1S/C9H19NO2/c1-9-3-2-4-10(9)5-7-12-8-6-11/h9,11H,2-8H2,1H3/t9-/m1/s1. The van der Waals surface area contributed by atoms with Crippen molar-refractivity contribution in [1.82, 2.24) is 4.90 Å². The summed E-state index contributed by atoms with van der Waals surface area (Å²) < 4.78 is 5.20. The van der Waals surface area contributed by atoms with Crippen molar-refractivity contribution in [1.29, 1.82) is 0 Å². The van der Waals surface area contributed by atoms with Gasteiger partial charge in [0.15, 0.2) is 0 Å². The molecule has 1 rings (SSSR count). The first-order valence-corrected chi connectivity index (χ1v) is 4.77. The summed E-state index contributed by atoms with van der Waals surface area (Å²) in [4.78, 5) is 2.44. The lowest BCUT2D eigenvalue weighted by Gasteiger charge is -2.20. The molecule has 1 aliphatic heterocycles. The monoisotopic (exact) mass is 173 g/mol. The summed E-state index contributed by atoms with van der Waals surface area (Å²) in [6.07, 6.45) is 2.64. The van der Waals surface area contributed by atoms with E-state index >= 15 is 0 Å². The fourth-order valence-corrected chi connectivity index (χ4v) is 1.67. The number of hydrogen-bond acceptors (Lipinski definition) is 3. The van der Waals surface area contributed by atoms with E-state index in [2.05, 4.69) is 11.8 Å². The van der Waals surface area contributed by atoms with Crippen molar-refractivity contribution in [2.75, 3.05) is 32.9 Å². The van der Waals surface area contributed by atoms with Gasteiger partial charge in [0.2, 0.25) is 0 Å². The Hall–Kier alpha value is -0.120. The molecule has 0 aromatic rings. The predicted molar refractivity (Wildman–Crippen MR) is 48.2 cm³/mol. The summed E-state index contributed by atoms with van der Waals surface area (Å²) in [5, 5.41) is 8.47. The first kappa shape index (κ1) is 9.96. The molecule has 1 N–H and O–H groups in total. The van der Waals surface area contributed by atoms with E-state index in [1.54, 1.807) is 0 Å². The smallest absolute Gasteiger partial charge is 0.0698 e. The van der Waals surface area contributed by atoms with Crippen molar-refractivity contribution in [3.05, 3.63) is 0 Å². The van der Waals surface area contributed by atoms with E-state index in [1.165, 1.54) is 19.4 Å². The maximum Gasteiger partial charge on any atom is 0.0698 e. The van der Waals surface area contributed by atoms with E-state index in [1.807, 2.05) is 0 Å². The highest BCUT2D eigenvalue weighted by molar-refractivity contribution is 4.74. The Bertz CT molecular complexity index is 119. The normalized spacial score (nSPS) is 25.0. The van der Waals surface area contributed by atoms with Gasteiger partial charge in [-0.1, -0.05) is 0 Å². The van der Waals surface area contributed by atoms with Gasteiger partial charge in [0, 0.05) is 12.6 Å². The van der Waals surface area contributed by atoms with Crippen LogP contribution in [0.25, 0.3) is 0 Å². The van der Waals surface area contributed by atoms with Gasteiger partial charge >= 0.3 is 0 Å². The molecule has 0 unspecified atom stereocenters. The van der Waals surface area contributed by atoms with E-state index in [0.717, 1.165) is 19.2 Å². The molecule has 12 heavy (non-hydrogen) atoms. The SMILES string of the molecule is C[C@@H]1CCCN1CCOCCO. The number of aliphatic hydroxyl groups is 1. The Morgan fingerprint density at radius 1 is 1.50 bits per heavy atom. The quantitative estimate of drug-likeness (QED) is 0.614. The van der Waals surface area contributed by atoms with Gasteiger partial charge in [-0.3, -0.25) is 4.90 Å². The first-order valence-electron chi connectivity index (χ1n) is 4.77. The number of nitrogens with zero attached hydrogens (tertiary/aromatic N) is 1. The third-order valence-electron chi connectivity index (χ3n) is 2.45. The number of ether oxygens (including phenoxy) is 1. The molecule has 3 nitrogen and oxygen atoms in total. The lowest BCUT2D eigenvalue weighted by Crippen LogP contribution is -2.30. The molecule has 1 atom stereocenters. The third-order valence-corrected chi connectivity index (χ3v) is 2.45. The Balaban J connectivity index is 1.98. The van der Waals surface area contributed by atoms with Crippen molar-refractivity contribution in [2.24, 2.45) is 0 Å². The van der Waals surface area contributed by atoms with E-state index in [9.17, 15) is 0 Å². The Kier molecular flexibility index (Phi) is 4.58. The molecule has 0 aliphatic carbocycles. The van der Waals surface area contributed by atoms with Gasteiger partial charge in [-0.15, -0.1) is 0 Å². The summed E-state index contributed by atoms with van der Waals surface area (Å²) in [6, 6.07) is 0.725. The molecule has 0 amide bonds. The zero-order valence-electron chi connectivity index (χ0n) is 7.83. The molecule has 1 aliphatic rings. The highest BCUT2D eigenvalue weighted by Crippen LogP contribution is 2.15. The number of rotatable bonds is 5. The van der Waals surface area contributed by atoms with E-state index in [0.29, 0.717) is 6.61 Å². The van der Waals surface area contributed by atoms with E-state index < -0.39 is 0 Å². The molecule has 1 saturated heterocycles. The molecule has 0 radical (unpaired) electrons. The molecule has 0 spiro atoms. The zero-order valence-corrected chi connectivity index (χ0v) is 7.83. The van der Waals surface area contributed by atoms with E-state index in [-0.39, 0.29) is 6.61 Å². The maximum atomic E-state index is 8.47. The van der Waals surface area contributed by atoms with Crippen LogP contribution in [0, 0.1) is 0 Å². The van der Waals surface area contributed by atoms with Crippen LogP contribution in [-0.2, 0) is 4.74 Å². The third kappa shape index (κ3) is 3.09. The summed E-state index contributed by atoms with van der Waals surface area (Å²) in [5.41, 5.74) is 0. The second-order valence-corrected chi connectivity index (χ2v) is 3.36. The molecular weight excluding hydrogens is 154 g/mol. The maximum absolute atomic E-state index is 8.47. The molecule has 3 heteroatoms. The van der Waals surface area contributed by atoms with Gasteiger partial charge in [0.1, 0.15) is 0 Å². The predicted octanol–water partition coefficient (Wildman–Crippen LogP) is 0.480. The minimum absolute atomic E-state index is 0.134. The molecule has 0 aromatic carbocycles. The second kappa shape index (κ2) is 5.51. The van der Waals surface area contributed by atoms with Crippen LogP contribution in [-0.4, -0.2) is 49.0 Å². The molecular formula is C9H19NO2. The van der Waals surface area contributed by atoms with Gasteiger partial charge in [-0.05, 0) is 26.3 Å². The fourth-order valence-electron chi connectivity index (χ4n) is 1.67. The van der Waals surface area contributed by atoms with Crippen molar-refractivity contribution in [3.8, 4) is 0 Å². The van der Waals surface area contributed by atoms with Crippen molar-refractivity contribution < 1.29 is 9.84 Å².